The Morgan fingerprint density at radius 3 is 1.57 bits per heavy atom. The molecule has 0 amide bonds. The molecule has 4 heteroatoms. The zero-order valence-corrected chi connectivity index (χ0v) is 25.2. The average molecular weight is 579 g/mol. The van der Waals surface area contributed by atoms with Gasteiger partial charge in [-0.05, 0) is 89.2 Å². The molecular formula is C40H38N2O2. The second kappa shape index (κ2) is 12.4. The molecule has 220 valence electrons. The van der Waals surface area contributed by atoms with Crippen LogP contribution in [0, 0.1) is 13.8 Å². The maximum Gasteiger partial charge on any atom is 0.0998 e. The van der Waals surface area contributed by atoms with Crippen LogP contribution in [0.3, 0.4) is 0 Å². The summed E-state index contributed by atoms with van der Waals surface area (Å²) < 4.78 is 0. The summed E-state index contributed by atoms with van der Waals surface area (Å²) >= 11 is 0. The van der Waals surface area contributed by atoms with Crippen molar-refractivity contribution in [2.75, 3.05) is 10.6 Å². The number of allylic oxidation sites excluding steroid dienone is 2. The molecule has 0 aromatic heterocycles. The van der Waals surface area contributed by atoms with Gasteiger partial charge >= 0.3 is 0 Å². The van der Waals surface area contributed by atoms with Crippen molar-refractivity contribution >= 4 is 17.1 Å². The Balaban J connectivity index is 1.40. The Bertz CT molecular complexity index is 1760. The Labute approximate surface area is 260 Å². The molecule has 0 atom stereocenters. The fourth-order valence-corrected chi connectivity index (χ4v) is 5.87. The summed E-state index contributed by atoms with van der Waals surface area (Å²) in [6.45, 7) is 4.38. The molecule has 5 aromatic rings. The number of aliphatic hydroxyl groups excluding tert-OH is 2. The van der Waals surface area contributed by atoms with Gasteiger partial charge in [-0.1, -0.05) is 109 Å². The third kappa shape index (κ3) is 5.83. The van der Waals surface area contributed by atoms with Crippen molar-refractivity contribution < 1.29 is 10.2 Å². The standard InChI is InChI=1S/C40H38N2O2/c1-29-8-13-35(26-30(29)2)39(33-14-20-37(21-15-33)41-36-16-9-31(27-43)10-17-36)22-24-40(25-23-39,34-6-4-3-5-7-34)42-38-18-11-32(28-44)12-19-38/h3-26,41-44H,27-28H2,1-2H3. The summed E-state index contributed by atoms with van der Waals surface area (Å²) in [5, 5.41) is 26.2. The van der Waals surface area contributed by atoms with Crippen molar-refractivity contribution in [3.8, 4) is 0 Å². The van der Waals surface area contributed by atoms with E-state index in [1.54, 1.807) is 0 Å². The largest absolute Gasteiger partial charge is 0.392 e. The molecule has 1 aliphatic rings. The number of aryl methyl sites for hydroxylation is 2. The second-order valence-electron chi connectivity index (χ2n) is 11.6. The molecular weight excluding hydrogens is 540 g/mol. The number of rotatable bonds is 9. The maximum absolute atomic E-state index is 9.54. The van der Waals surface area contributed by atoms with E-state index in [9.17, 15) is 10.2 Å². The molecule has 0 heterocycles. The molecule has 0 bridgehead atoms. The Morgan fingerprint density at radius 2 is 1.02 bits per heavy atom. The first kappa shape index (κ1) is 29.2. The molecule has 4 N–H and O–H groups in total. The summed E-state index contributed by atoms with van der Waals surface area (Å²) in [4.78, 5) is 0. The van der Waals surface area contributed by atoms with Crippen LogP contribution < -0.4 is 10.6 Å². The van der Waals surface area contributed by atoms with Crippen LogP contribution in [0.25, 0.3) is 0 Å². The maximum atomic E-state index is 9.54. The topological polar surface area (TPSA) is 64.5 Å². The normalized spacial score (nSPS) is 19.1. The molecule has 0 saturated carbocycles. The van der Waals surface area contributed by atoms with Crippen LogP contribution in [0.5, 0.6) is 0 Å². The molecule has 44 heavy (non-hydrogen) atoms. The van der Waals surface area contributed by atoms with E-state index >= 15 is 0 Å². The minimum atomic E-state index is -0.562. The molecule has 5 aromatic carbocycles. The molecule has 0 saturated heterocycles. The number of anilines is 3. The van der Waals surface area contributed by atoms with Crippen LogP contribution >= 0.6 is 0 Å². The van der Waals surface area contributed by atoms with Gasteiger partial charge in [0.05, 0.1) is 24.2 Å². The van der Waals surface area contributed by atoms with Crippen LogP contribution in [0.4, 0.5) is 17.1 Å². The summed E-state index contributed by atoms with van der Waals surface area (Å²) in [6.07, 6.45) is 9.23. The number of benzene rings is 5. The van der Waals surface area contributed by atoms with Gasteiger partial charge in [0.15, 0.2) is 0 Å². The highest BCUT2D eigenvalue weighted by Crippen LogP contribution is 2.44. The summed E-state index contributed by atoms with van der Waals surface area (Å²) in [5.74, 6) is 0. The van der Waals surface area contributed by atoms with Crippen LogP contribution in [0.2, 0.25) is 0 Å². The van der Waals surface area contributed by atoms with Gasteiger partial charge in [0.1, 0.15) is 0 Å². The summed E-state index contributed by atoms with van der Waals surface area (Å²) in [5.41, 5.74) is 9.73. The third-order valence-corrected chi connectivity index (χ3v) is 8.73. The molecule has 6 rings (SSSR count). The monoisotopic (exact) mass is 578 g/mol. The van der Waals surface area contributed by atoms with Gasteiger partial charge in [0.2, 0.25) is 0 Å². The Morgan fingerprint density at radius 1 is 0.500 bits per heavy atom. The van der Waals surface area contributed by atoms with E-state index in [1.807, 2.05) is 54.6 Å². The van der Waals surface area contributed by atoms with E-state index in [1.165, 1.54) is 22.3 Å². The highest BCUT2D eigenvalue weighted by atomic mass is 16.3. The SMILES string of the molecule is Cc1ccc(C2(c3ccc(Nc4ccc(CO)cc4)cc3)C=CC(Nc3ccc(CO)cc3)(c3ccccc3)C=C2)cc1C. The average Bonchev–Trinajstić information content (AvgIpc) is 3.08. The fourth-order valence-electron chi connectivity index (χ4n) is 5.87. The first-order valence-electron chi connectivity index (χ1n) is 15.0. The lowest BCUT2D eigenvalue weighted by atomic mass is 9.68. The fraction of sp³-hybridized carbons (Fsp3) is 0.150. The summed E-state index contributed by atoms with van der Waals surface area (Å²) in [6, 6.07) is 41.7. The minimum Gasteiger partial charge on any atom is -0.392 e. The first-order chi connectivity index (χ1) is 21.4. The number of hydrogen-bond acceptors (Lipinski definition) is 4. The predicted octanol–water partition coefficient (Wildman–Crippen LogP) is 8.45. The van der Waals surface area contributed by atoms with Crippen molar-refractivity contribution in [2.24, 2.45) is 0 Å². The molecule has 0 radical (unpaired) electrons. The van der Waals surface area contributed by atoms with Crippen LogP contribution in [0.1, 0.15) is 38.9 Å². The molecule has 0 aliphatic heterocycles. The first-order valence-corrected chi connectivity index (χ1v) is 15.0. The van der Waals surface area contributed by atoms with Gasteiger partial charge in [-0.3, -0.25) is 0 Å². The van der Waals surface area contributed by atoms with Gasteiger partial charge in [0.25, 0.3) is 0 Å². The minimum absolute atomic E-state index is 0.0205. The number of nitrogens with one attached hydrogen (secondary N) is 2. The van der Waals surface area contributed by atoms with Gasteiger partial charge in [0, 0.05) is 17.1 Å². The third-order valence-electron chi connectivity index (χ3n) is 8.73. The lowest BCUT2D eigenvalue weighted by Crippen LogP contribution is -2.37. The zero-order valence-electron chi connectivity index (χ0n) is 25.2. The molecule has 1 aliphatic carbocycles. The second-order valence-corrected chi connectivity index (χ2v) is 11.6. The van der Waals surface area contributed by atoms with Gasteiger partial charge in [-0.25, -0.2) is 0 Å². The van der Waals surface area contributed by atoms with Gasteiger partial charge in [-0.2, -0.15) is 0 Å². The van der Waals surface area contributed by atoms with E-state index < -0.39 is 11.0 Å². The smallest absolute Gasteiger partial charge is 0.0998 e. The van der Waals surface area contributed by atoms with E-state index in [0.29, 0.717) is 0 Å². The van der Waals surface area contributed by atoms with Crippen molar-refractivity contribution in [1.82, 2.24) is 0 Å². The predicted molar refractivity (Wildman–Crippen MR) is 181 cm³/mol. The van der Waals surface area contributed by atoms with Crippen LogP contribution in [-0.2, 0) is 24.2 Å². The van der Waals surface area contributed by atoms with Crippen molar-refractivity contribution in [1.29, 1.82) is 0 Å². The van der Waals surface area contributed by atoms with E-state index in [0.717, 1.165) is 33.8 Å². The van der Waals surface area contributed by atoms with Gasteiger partial charge in [-0.15, -0.1) is 0 Å². The van der Waals surface area contributed by atoms with Gasteiger partial charge < -0.3 is 20.8 Å². The van der Waals surface area contributed by atoms with E-state index in [2.05, 4.69) is 116 Å². The van der Waals surface area contributed by atoms with Crippen LogP contribution in [0.15, 0.2) is 146 Å². The molecule has 0 spiro atoms. The van der Waals surface area contributed by atoms with Crippen molar-refractivity contribution in [3.63, 3.8) is 0 Å². The van der Waals surface area contributed by atoms with Crippen LogP contribution in [-0.4, -0.2) is 10.2 Å². The number of hydrogen-bond donors (Lipinski definition) is 4. The molecule has 4 nitrogen and oxygen atoms in total. The summed E-state index contributed by atoms with van der Waals surface area (Å²) in [7, 11) is 0. The molecule has 0 fully saturated rings. The Kier molecular flexibility index (Phi) is 8.21. The van der Waals surface area contributed by atoms with Crippen molar-refractivity contribution in [2.45, 2.75) is 38.0 Å². The van der Waals surface area contributed by atoms with E-state index in [-0.39, 0.29) is 13.2 Å². The lowest BCUT2D eigenvalue weighted by Gasteiger charge is -2.39. The number of aliphatic hydroxyl groups is 2. The highest BCUT2D eigenvalue weighted by Gasteiger charge is 2.37. The quantitative estimate of drug-likeness (QED) is 0.133. The van der Waals surface area contributed by atoms with Crippen molar-refractivity contribution in [3.05, 3.63) is 185 Å². The van der Waals surface area contributed by atoms with E-state index in [4.69, 9.17) is 0 Å². The molecule has 0 unspecified atom stereocenters. The zero-order chi connectivity index (χ0) is 30.6. The Hall–Kier alpha value is -4.90. The lowest BCUT2D eigenvalue weighted by molar-refractivity contribution is 0.281. The highest BCUT2D eigenvalue weighted by molar-refractivity contribution is 5.64.